The monoisotopic (exact) mass is 850 g/mol. The quantitative estimate of drug-likeness (QED) is 0.124. The number of fused-ring (bicyclic) bond motifs is 5. The van der Waals surface area contributed by atoms with Gasteiger partial charge in [0.15, 0.2) is 0 Å². The van der Waals surface area contributed by atoms with Crippen LogP contribution in [0.3, 0.4) is 0 Å². The Hall–Kier alpha value is -3.97. The summed E-state index contributed by atoms with van der Waals surface area (Å²) in [7, 11) is 0. The molecule has 50 heavy (non-hydrogen) atoms. The van der Waals surface area contributed by atoms with Gasteiger partial charge in [0.1, 0.15) is 0 Å². The van der Waals surface area contributed by atoms with Gasteiger partial charge in [-0.25, -0.2) is 0 Å². The number of carbonyl (C=O) groups is 1. The van der Waals surface area contributed by atoms with Crippen molar-refractivity contribution in [2.45, 2.75) is 92.9 Å². The van der Waals surface area contributed by atoms with Crippen LogP contribution in [0, 0.1) is 12.1 Å². The molecule has 6 aromatic rings. The maximum Gasteiger partial charge on any atom is 0.302 e. The van der Waals surface area contributed by atoms with E-state index < -0.39 is 5.41 Å². The predicted octanol–water partition coefficient (Wildman–Crippen LogP) is 10.8. The summed E-state index contributed by atoms with van der Waals surface area (Å²) in [5.74, 6) is 2.40. The van der Waals surface area contributed by atoms with Crippen LogP contribution in [0.4, 0.5) is 11.4 Å². The molecule has 7 rings (SSSR count). The van der Waals surface area contributed by atoms with E-state index >= 15 is 0 Å². The van der Waals surface area contributed by atoms with E-state index in [1.54, 1.807) is 0 Å². The second kappa shape index (κ2) is 14.7. The van der Waals surface area contributed by atoms with Crippen LogP contribution in [-0.2, 0) is 27.2 Å². The molecular weight excluding hydrogens is 799 g/mol. The molecule has 1 aliphatic rings. The van der Waals surface area contributed by atoms with Crippen LogP contribution in [0.15, 0.2) is 84.9 Å². The maximum absolute atomic E-state index is 13.9. The van der Waals surface area contributed by atoms with Gasteiger partial charge in [0, 0.05) is 50.2 Å². The topological polar surface area (TPSA) is 55.0 Å². The number of hydrogen-bond donors (Lipinski definition) is 0. The first-order valence-electron chi connectivity index (χ1n) is 17.8. The standard InChI is InChI=1S/C30H43N2O.C13H8N3.Au/c1-19(2)23-13-11-14-24(20(3)4)27(23)31-17-30(9,10)29(33)32(18-31)28-25(21(5)6)15-12-16-26(28)22(7)8;1-3-7-11-9(5-1)14-13-15-10-6-2-4-8-12(10)16(11)13;/h11-16,18-22H,17H2,1-10H3;1-8H;/q+1;-1;. The Balaban J connectivity index is 0.000000236. The summed E-state index contributed by atoms with van der Waals surface area (Å²) in [5, 5.41) is 0. The fourth-order valence-corrected chi connectivity index (χ4v) is 7.16. The number of imidazole rings is 2. The number of anilines is 2. The number of rotatable bonds is 6. The summed E-state index contributed by atoms with van der Waals surface area (Å²) in [5.41, 5.74) is 11.2. The molecule has 6 nitrogen and oxygen atoms in total. The summed E-state index contributed by atoms with van der Waals surface area (Å²) < 4.78 is 2.10. The number of amides is 1. The molecule has 265 valence electrons. The minimum Gasteiger partial charge on any atom is -0.366 e. The van der Waals surface area contributed by atoms with Gasteiger partial charge in [-0.3, -0.25) is 4.79 Å². The van der Waals surface area contributed by atoms with Gasteiger partial charge >= 0.3 is 6.67 Å². The Morgan fingerprint density at radius 3 is 1.68 bits per heavy atom. The van der Waals surface area contributed by atoms with E-state index in [1.807, 2.05) is 41.3 Å². The zero-order valence-electron chi connectivity index (χ0n) is 31.1. The van der Waals surface area contributed by atoms with Crippen molar-refractivity contribution in [1.82, 2.24) is 14.4 Å². The number of carbonyl (C=O) groups excluding carboxylic acids is 1. The molecule has 1 fully saturated rings. The zero-order chi connectivity index (χ0) is 35.2. The van der Waals surface area contributed by atoms with Crippen LogP contribution in [0.25, 0.3) is 27.8 Å². The third-order valence-electron chi connectivity index (χ3n) is 9.72. The number of benzene rings is 4. The molecule has 0 N–H and O–H groups in total. The van der Waals surface area contributed by atoms with Gasteiger partial charge in [-0.05, 0) is 59.8 Å². The van der Waals surface area contributed by atoms with E-state index in [0.717, 1.165) is 33.5 Å². The molecule has 0 bridgehead atoms. The molecule has 0 saturated carbocycles. The molecule has 0 unspecified atom stereocenters. The predicted molar refractivity (Wildman–Crippen MR) is 206 cm³/mol. The van der Waals surface area contributed by atoms with E-state index in [4.69, 9.17) is 0 Å². The van der Waals surface area contributed by atoms with Gasteiger partial charge in [0.05, 0.1) is 23.3 Å². The van der Waals surface area contributed by atoms with Crippen molar-refractivity contribution in [2.75, 3.05) is 16.3 Å². The van der Waals surface area contributed by atoms with Crippen LogP contribution in [0.2, 0.25) is 0 Å². The van der Waals surface area contributed by atoms with Crippen molar-refractivity contribution >= 4 is 45.1 Å². The van der Waals surface area contributed by atoms with Gasteiger partial charge in [-0.15, -0.1) is 4.90 Å². The smallest absolute Gasteiger partial charge is 0.302 e. The molecular formula is C43H51AuN5O. The molecule has 0 aliphatic carbocycles. The molecule has 1 saturated heterocycles. The Bertz CT molecular complexity index is 2000. The van der Waals surface area contributed by atoms with Gasteiger partial charge in [-0.2, -0.15) is 4.90 Å². The summed E-state index contributed by atoms with van der Waals surface area (Å²) in [6.45, 7) is 24.8. The van der Waals surface area contributed by atoms with Crippen LogP contribution in [0.1, 0.15) is 115 Å². The third-order valence-corrected chi connectivity index (χ3v) is 9.72. The number of para-hydroxylation sites is 6. The molecule has 0 spiro atoms. The molecule has 0 atom stereocenters. The van der Waals surface area contributed by atoms with Crippen molar-refractivity contribution < 1.29 is 27.2 Å². The van der Waals surface area contributed by atoms with Gasteiger partial charge in [0.25, 0.3) is 5.91 Å². The van der Waals surface area contributed by atoms with Crippen molar-refractivity contribution in [1.29, 1.82) is 0 Å². The van der Waals surface area contributed by atoms with E-state index in [2.05, 4.69) is 144 Å². The Morgan fingerprint density at radius 1 is 0.660 bits per heavy atom. The van der Waals surface area contributed by atoms with Crippen molar-refractivity contribution in [3.8, 4) is 0 Å². The fraction of sp³-hybridized carbons (Fsp3) is 0.372. The largest absolute Gasteiger partial charge is 0.366 e. The minimum atomic E-state index is -0.509. The SMILES string of the molecule is CC(C)c1cccc(C(C)C)c1N1[CH+]N(c2c(C(C)C)cccc2C(C)C)C(=O)C(C)(C)C1.[Au].c1ccc2c(c1)nc1[n-]c3ccccc3n12. The average Bonchev–Trinajstić information content (AvgIpc) is 3.61. The number of hydrogen-bond acceptors (Lipinski definition) is 3. The van der Waals surface area contributed by atoms with Crippen LogP contribution in [0.5, 0.6) is 0 Å². The molecule has 3 heterocycles. The molecule has 4 aromatic carbocycles. The van der Waals surface area contributed by atoms with E-state index in [-0.39, 0.29) is 28.3 Å². The summed E-state index contributed by atoms with van der Waals surface area (Å²) in [6.07, 6.45) is 0. The Labute approximate surface area is 313 Å². The summed E-state index contributed by atoms with van der Waals surface area (Å²) in [6, 6.07) is 29.4. The van der Waals surface area contributed by atoms with Crippen molar-refractivity contribution in [3.63, 3.8) is 0 Å². The van der Waals surface area contributed by atoms with Crippen LogP contribution in [-0.4, -0.2) is 21.8 Å². The summed E-state index contributed by atoms with van der Waals surface area (Å²) >= 11 is 0. The van der Waals surface area contributed by atoms with E-state index in [1.165, 1.54) is 27.9 Å². The van der Waals surface area contributed by atoms with Crippen molar-refractivity contribution in [2.24, 2.45) is 5.41 Å². The summed E-state index contributed by atoms with van der Waals surface area (Å²) in [4.78, 5) is 27.2. The minimum absolute atomic E-state index is 0. The Kier molecular flexibility index (Phi) is 11.0. The second-order valence-corrected chi connectivity index (χ2v) is 15.3. The molecule has 1 aliphatic heterocycles. The van der Waals surface area contributed by atoms with Gasteiger partial charge in [-0.1, -0.05) is 140 Å². The second-order valence-electron chi connectivity index (χ2n) is 15.3. The van der Waals surface area contributed by atoms with E-state index in [9.17, 15) is 4.79 Å². The van der Waals surface area contributed by atoms with Gasteiger partial charge in [0.2, 0.25) is 0 Å². The number of aromatic nitrogens is 3. The first-order valence-corrected chi connectivity index (χ1v) is 17.8. The van der Waals surface area contributed by atoms with Crippen molar-refractivity contribution in [3.05, 3.63) is 114 Å². The maximum atomic E-state index is 13.9. The van der Waals surface area contributed by atoms with E-state index in [0.29, 0.717) is 30.2 Å². The fourth-order valence-electron chi connectivity index (χ4n) is 7.16. The molecule has 2 aromatic heterocycles. The average molecular weight is 851 g/mol. The zero-order valence-corrected chi connectivity index (χ0v) is 33.3. The van der Waals surface area contributed by atoms with Crippen LogP contribution < -0.4 is 14.8 Å². The molecule has 1 radical (unpaired) electrons. The van der Waals surface area contributed by atoms with Gasteiger partial charge < -0.3 is 14.4 Å². The Morgan fingerprint density at radius 2 is 1.14 bits per heavy atom. The first-order chi connectivity index (χ1) is 23.3. The number of nitrogens with zero attached hydrogens (tertiary/aromatic N) is 5. The van der Waals surface area contributed by atoms with Crippen LogP contribution >= 0.6 is 0 Å². The third kappa shape index (κ3) is 6.86. The first kappa shape index (κ1) is 37.3. The normalized spacial score (nSPS) is 14.6. The molecule has 7 heteroatoms. The molecule has 1 amide bonds.